The summed E-state index contributed by atoms with van der Waals surface area (Å²) in [5, 5.41) is 2.85. The molecular formula is C19H22NO3. The maximum absolute atomic E-state index is 12.3. The first-order chi connectivity index (χ1) is 11.2. The highest BCUT2D eigenvalue weighted by molar-refractivity contribution is 6.04. The number of ether oxygens (including phenoxy) is 2. The number of carbonyl (C=O) groups excluding carboxylic acids is 1. The number of anilines is 1. The Balaban J connectivity index is 2.16. The second-order valence-electron chi connectivity index (χ2n) is 5.10. The van der Waals surface area contributed by atoms with E-state index in [1.807, 2.05) is 13.8 Å². The van der Waals surface area contributed by atoms with Gasteiger partial charge in [0.1, 0.15) is 0 Å². The molecule has 0 bridgehead atoms. The molecule has 0 atom stereocenters. The van der Waals surface area contributed by atoms with E-state index in [9.17, 15) is 4.79 Å². The van der Waals surface area contributed by atoms with Crippen molar-refractivity contribution in [3.05, 3.63) is 54.1 Å². The van der Waals surface area contributed by atoms with E-state index in [0.717, 1.165) is 18.5 Å². The summed E-state index contributed by atoms with van der Waals surface area (Å²) in [6.45, 7) is 5.29. The summed E-state index contributed by atoms with van der Waals surface area (Å²) in [6.07, 6.45) is 1.81. The highest BCUT2D eigenvalue weighted by Gasteiger charge is 2.12. The number of benzene rings is 2. The summed E-state index contributed by atoms with van der Waals surface area (Å²) < 4.78 is 11.4. The first-order valence-electron chi connectivity index (χ1n) is 7.91. The van der Waals surface area contributed by atoms with E-state index < -0.39 is 0 Å². The van der Waals surface area contributed by atoms with Crippen molar-refractivity contribution in [1.82, 2.24) is 0 Å². The van der Waals surface area contributed by atoms with Crippen LogP contribution in [-0.4, -0.2) is 19.1 Å². The van der Waals surface area contributed by atoms with Gasteiger partial charge in [0.05, 0.1) is 13.2 Å². The predicted octanol–water partition coefficient (Wildman–Crippen LogP) is 4.32. The van der Waals surface area contributed by atoms with E-state index >= 15 is 0 Å². The van der Waals surface area contributed by atoms with Crippen LogP contribution in [0.5, 0.6) is 11.5 Å². The largest absolute Gasteiger partial charge is 0.490 e. The lowest BCUT2D eigenvalue weighted by atomic mass is 10.1. The Morgan fingerprint density at radius 1 is 1.00 bits per heavy atom. The van der Waals surface area contributed by atoms with Gasteiger partial charge in [0.25, 0.3) is 5.91 Å². The molecule has 0 fully saturated rings. The second-order valence-corrected chi connectivity index (χ2v) is 5.10. The van der Waals surface area contributed by atoms with Crippen LogP contribution in [0.2, 0.25) is 0 Å². The Morgan fingerprint density at radius 3 is 2.30 bits per heavy atom. The standard InChI is InChI=1S/C19H22NO3/c1-3-12-22-17-11-10-15(14-18(17)23-13-4-2)19(21)20-16-8-6-5-7-9-16/h6-11,14H,3-4,12-13H2,1-2H3,(H,20,21). The Hall–Kier alpha value is -2.49. The average molecular weight is 312 g/mol. The highest BCUT2D eigenvalue weighted by atomic mass is 16.5. The first kappa shape index (κ1) is 16.9. The highest BCUT2D eigenvalue weighted by Crippen LogP contribution is 2.29. The van der Waals surface area contributed by atoms with Crippen molar-refractivity contribution >= 4 is 11.6 Å². The smallest absolute Gasteiger partial charge is 0.255 e. The molecule has 0 aliphatic rings. The molecule has 4 nitrogen and oxygen atoms in total. The van der Waals surface area contributed by atoms with Gasteiger partial charge < -0.3 is 14.8 Å². The molecule has 0 aliphatic carbocycles. The minimum absolute atomic E-state index is 0.181. The Kier molecular flexibility index (Phi) is 6.48. The van der Waals surface area contributed by atoms with Gasteiger partial charge in [-0.3, -0.25) is 4.79 Å². The molecule has 1 N–H and O–H groups in total. The summed E-state index contributed by atoms with van der Waals surface area (Å²) in [4.78, 5) is 12.3. The fourth-order valence-electron chi connectivity index (χ4n) is 1.98. The third kappa shape index (κ3) is 5.02. The van der Waals surface area contributed by atoms with E-state index in [1.54, 1.807) is 42.5 Å². The van der Waals surface area contributed by atoms with E-state index in [-0.39, 0.29) is 5.91 Å². The Morgan fingerprint density at radius 2 is 1.65 bits per heavy atom. The molecule has 0 aliphatic heterocycles. The van der Waals surface area contributed by atoms with Crippen molar-refractivity contribution < 1.29 is 14.3 Å². The van der Waals surface area contributed by atoms with Crippen LogP contribution in [0.15, 0.2) is 42.5 Å². The molecule has 23 heavy (non-hydrogen) atoms. The SMILES string of the molecule is CCCOc1ccc(C(=O)Nc2cc[c]cc2)cc1OCCC. The minimum Gasteiger partial charge on any atom is -0.490 e. The van der Waals surface area contributed by atoms with Crippen molar-refractivity contribution in [3.8, 4) is 11.5 Å². The van der Waals surface area contributed by atoms with Crippen LogP contribution in [0.1, 0.15) is 37.0 Å². The monoisotopic (exact) mass is 312 g/mol. The first-order valence-corrected chi connectivity index (χ1v) is 7.91. The van der Waals surface area contributed by atoms with Crippen molar-refractivity contribution in [2.24, 2.45) is 0 Å². The molecule has 0 heterocycles. The maximum Gasteiger partial charge on any atom is 0.255 e. The number of hydrogen-bond donors (Lipinski definition) is 1. The van der Waals surface area contributed by atoms with Crippen molar-refractivity contribution in [1.29, 1.82) is 0 Å². The average Bonchev–Trinajstić information content (AvgIpc) is 2.59. The zero-order valence-corrected chi connectivity index (χ0v) is 13.6. The van der Waals surface area contributed by atoms with Crippen LogP contribution in [-0.2, 0) is 0 Å². The minimum atomic E-state index is -0.181. The van der Waals surface area contributed by atoms with Gasteiger partial charge in [-0.25, -0.2) is 0 Å². The van der Waals surface area contributed by atoms with Gasteiger partial charge in [0.2, 0.25) is 0 Å². The third-order valence-corrected chi connectivity index (χ3v) is 3.11. The van der Waals surface area contributed by atoms with Gasteiger partial charge in [-0.1, -0.05) is 26.0 Å². The van der Waals surface area contributed by atoms with Crippen LogP contribution in [0.25, 0.3) is 0 Å². The number of amides is 1. The number of carbonyl (C=O) groups is 1. The zero-order chi connectivity index (χ0) is 16.5. The third-order valence-electron chi connectivity index (χ3n) is 3.11. The van der Waals surface area contributed by atoms with Crippen LogP contribution in [0.3, 0.4) is 0 Å². The van der Waals surface area contributed by atoms with E-state index in [0.29, 0.717) is 30.3 Å². The molecule has 0 unspecified atom stereocenters. The molecule has 0 aromatic heterocycles. The van der Waals surface area contributed by atoms with Gasteiger partial charge in [-0.2, -0.15) is 0 Å². The molecule has 2 aromatic rings. The predicted molar refractivity (Wildman–Crippen MR) is 91.2 cm³/mol. The number of nitrogens with one attached hydrogen (secondary N) is 1. The van der Waals surface area contributed by atoms with E-state index in [2.05, 4.69) is 11.4 Å². The molecule has 0 saturated carbocycles. The quantitative estimate of drug-likeness (QED) is 0.790. The molecule has 4 heteroatoms. The summed E-state index contributed by atoms with van der Waals surface area (Å²) in [6, 6.07) is 15.3. The van der Waals surface area contributed by atoms with Crippen LogP contribution >= 0.6 is 0 Å². The lowest BCUT2D eigenvalue weighted by Gasteiger charge is -2.13. The fraction of sp³-hybridized carbons (Fsp3) is 0.316. The summed E-state index contributed by atoms with van der Waals surface area (Å²) in [5.41, 5.74) is 1.27. The molecule has 1 amide bonds. The molecule has 0 saturated heterocycles. The second kappa shape index (κ2) is 8.83. The van der Waals surface area contributed by atoms with Crippen LogP contribution in [0, 0.1) is 6.07 Å². The summed E-state index contributed by atoms with van der Waals surface area (Å²) >= 11 is 0. The maximum atomic E-state index is 12.3. The summed E-state index contributed by atoms with van der Waals surface area (Å²) in [7, 11) is 0. The lowest BCUT2D eigenvalue weighted by molar-refractivity contribution is 0.102. The van der Waals surface area contributed by atoms with Crippen molar-refractivity contribution in [2.75, 3.05) is 18.5 Å². The summed E-state index contributed by atoms with van der Waals surface area (Å²) in [5.74, 6) is 1.10. The van der Waals surface area contributed by atoms with Crippen LogP contribution in [0.4, 0.5) is 5.69 Å². The van der Waals surface area contributed by atoms with Crippen LogP contribution < -0.4 is 14.8 Å². The van der Waals surface area contributed by atoms with Gasteiger partial charge >= 0.3 is 0 Å². The molecule has 2 rings (SSSR count). The van der Waals surface area contributed by atoms with Crippen molar-refractivity contribution in [2.45, 2.75) is 26.7 Å². The molecule has 121 valence electrons. The van der Waals surface area contributed by atoms with E-state index in [4.69, 9.17) is 9.47 Å². The van der Waals surface area contributed by atoms with Gasteiger partial charge in [-0.05, 0) is 49.2 Å². The van der Waals surface area contributed by atoms with Gasteiger partial charge in [0, 0.05) is 11.3 Å². The topological polar surface area (TPSA) is 47.6 Å². The normalized spacial score (nSPS) is 10.2. The number of rotatable bonds is 8. The Labute approximate surface area is 137 Å². The molecule has 2 aromatic carbocycles. The molecular weight excluding hydrogens is 290 g/mol. The van der Waals surface area contributed by atoms with Crippen molar-refractivity contribution in [3.63, 3.8) is 0 Å². The Bertz CT molecular complexity index is 626. The lowest BCUT2D eigenvalue weighted by Crippen LogP contribution is -2.12. The number of hydrogen-bond acceptors (Lipinski definition) is 3. The van der Waals surface area contributed by atoms with E-state index in [1.165, 1.54) is 0 Å². The zero-order valence-electron chi connectivity index (χ0n) is 13.6. The molecule has 1 radical (unpaired) electrons. The fourth-order valence-corrected chi connectivity index (χ4v) is 1.98. The molecule has 0 spiro atoms. The van der Waals surface area contributed by atoms with Gasteiger partial charge in [-0.15, -0.1) is 0 Å². The van der Waals surface area contributed by atoms with Gasteiger partial charge in [0.15, 0.2) is 11.5 Å².